The molecule has 0 bridgehead atoms. The highest BCUT2D eigenvalue weighted by molar-refractivity contribution is 9.10. The molecule has 0 radical (unpaired) electrons. The van der Waals surface area contributed by atoms with Crippen LogP contribution < -0.4 is 10.6 Å². The number of para-hydroxylation sites is 1. The molecule has 1 rings (SSSR count). The first-order chi connectivity index (χ1) is 8.91. The Kier molecular flexibility index (Phi) is 5.98. The van der Waals surface area contributed by atoms with Crippen LogP contribution in [0.2, 0.25) is 0 Å². The molecule has 3 N–H and O–H groups in total. The fourth-order valence-corrected chi connectivity index (χ4v) is 1.95. The van der Waals surface area contributed by atoms with Crippen molar-refractivity contribution in [2.45, 2.75) is 19.9 Å². The van der Waals surface area contributed by atoms with Gasteiger partial charge in [-0.3, -0.25) is 14.9 Å². The predicted octanol–water partition coefficient (Wildman–Crippen LogP) is 2.09. The lowest BCUT2D eigenvalue weighted by atomic mass is 10.1. The molecule has 0 fully saturated rings. The van der Waals surface area contributed by atoms with E-state index in [2.05, 4.69) is 26.6 Å². The molecule has 0 aromatic heterocycles. The predicted molar refractivity (Wildman–Crippen MR) is 77.0 cm³/mol. The van der Waals surface area contributed by atoms with E-state index in [1.54, 1.807) is 19.9 Å². The van der Waals surface area contributed by atoms with Crippen LogP contribution in [0.3, 0.4) is 0 Å². The summed E-state index contributed by atoms with van der Waals surface area (Å²) < 4.78 is 0.780. The molecule has 1 unspecified atom stereocenters. The minimum Gasteiger partial charge on any atom is -0.480 e. The van der Waals surface area contributed by atoms with Gasteiger partial charge >= 0.3 is 5.97 Å². The molecule has 5 nitrogen and oxygen atoms in total. The van der Waals surface area contributed by atoms with Gasteiger partial charge in [0.15, 0.2) is 0 Å². The van der Waals surface area contributed by atoms with Crippen molar-refractivity contribution in [3.8, 4) is 0 Å². The van der Waals surface area contributed by atoms with E-state index in [0.717, 1.165) is 4.47 Å². The van der Waals surface area contributed by atoms with E-state index in [4.69, 9.17) is 5.11 Å². The lowest BCUT2D eigenvalue weighted by Gasteiger charge is -2.17. The molecule has 1 amide bonds. The summed E-state index contributed by atoms with van der Waals surface area (Å²) in [5.41, 5.74) is 0.658. The second kappa shape index (κ2) is 7.25. The van der Waals surface area contributed by atoms with Crippen LogP contribution in [0.15, 0.2) is 28.7 Å². The van der Waals surface area contributed by atoms with Gasteiger partial charge in [0, 0.05) is 4.47 Å². The summed E-state index contributed by atoms with van der Waals surface area (Å²) in [6, 6.07) is 6.50. The Bertz CT molecular complexity index is 463. The summed E-state index contributed by atoms with van der Waals surface area (Å²) >= 11 is 3.32. The van der Waals surface area contributed by atoms with Gasteiger partial charge in [-0.1, -0.05) is 26.0 Å². The van der Waals surface area contributed by atoms with Gasteiger partial charge in [-0.15, -0.1) is 0 Å². The third kappa shape index (κ3) is 5.00. The molecule has 104 valence electrons. The number of carboxylic acid groups (broad SMARTS) is 1. The Labute approximate surface area is 120 Å². The van der Waals surface area contributed by atoms with Crippen molar-refractivity contribution in [3.63, 3.8) is 0 Å². The zero-order valence-corrected chi connectivity index (χ0v) is 12.4. The molecular formula is C13H17BrN2O3. The van der Waals surface area contributed by atoms with Gasteiger partial charge in [0.2, 0.25) is 5.91 Å². The smallest absolute Gasteiger partial charge is 0.320 e. The average molecular weight is 329 g/mol. The van der Waals surface area contributed by atoms with Gasteiger partial charge in [-0.2, -0.15) is 0 Å². The van der Waals surface area contributed by atoms with E-state index >= 15 is 0 Å². The number of aliphatic carboxylic acids is 1. The third-order valence-electron chi connectivity index (χ3n) is 2.56. The van der Waals surface area contributed by atoms with Gasteiger partial charge in [0.05, 0.1) is 12.2 Å². The largest absolute Gasteiger partial charge is 0.480 e. The zero-order valence-electron chi connectivity index (χ0n) is 10.8. The van der Waals surface area contributed by atoms with Gasteiger partial charge in [0.1, 0.15) is 6.04 Å². The molecular weight excluding hydrogens is 312 g/mol. The Morgan fingerprint density at radius 1 is 1.32 bits per heavy atom. The van der Waals surface area contributed by atoms with Crippen LogP contribution in [-0.4, -0.2) is 29.6 Å². The summed E-state index contributed by atoms with van der Waals surface area (Å²) in [6.07, 6.45) is 0. The second-order valence-corrected chi connectivity index (χ2v) is 5.32. The lowest BCUT2D eigenvalue weighted by Crippen LogP contribution is -2.44. The Hall–Kier alpha value is -1.40. The van der Waals surface area contributed by atoms with Crippen LogP contribution in [0.25, 0.3) is 0 Å². The SMILES string of the molecule is CC(C)C(NCC(=O)Nc1ccccc1Br)C(=O)O. The maximum Gasteiger partial charge on any atom is 0.320 e. The molecule has 0 saturated carbocycles. The number of rotatable bonds is 6. The molecule has 0 aliphatic carbocycles. The van der Waals surface area contributed by atoms with Crippen molar-refractivity contribution in [1.29, 1.82) is 0 Å². The van der Waals surface area contributed by atoms with Crippen LogP contribution in [0.4, 0.5) is 5.69 Å². The first-order valence-electron chi connectivity index (χ1n) is 5.92. The monoisotopic (exact) mass is 328 g/mol. The van der Waals surface area contributed by atoms with Gasteiger partial charge < -0.3 is 10.4 Å². The summed E-state index contributed by atoms with van der Waals surface area (Å²) in [5, 5.41) is 14.4. The number of hydrogen-bond acceptors (Lipinski definition) is 3. The standard InChI is InChI=1S/C13H17BrN2O3/c1-8(2)12(13(18)19)15-7-11(17)16-10-6-4-3-5-9(10)14/h3-6,8,12,15H,7H2,1-2H3,(H,16,17)(H,18,19). The fourth-order valence-electron chi connectivity index (χ4n) is 1.57. The van der Waals surface area contributed by atoms with E-state index in [1.165, 1.54) is 0 Å². The molecule has 0 saturated heterocycles. The molecule has 1 aromatic carbocycles. The summed E-state index contributed by atoms with van der Waals surface area (Å²) in [4.78, 5) is 22.7. The Morgan fingerprint density at radius 3 is 2.47 bits per heavy atom. The maximum atomic E-state index is 11.7. The number of halogens is 1. The van der Waals surface area contributed by atoms with Crippen LogP contribution >= 0.6 is 15.9 Å². The number of benzene rings is 1. The highest BCUT2D eigenvalue weighted by atomic mass is 79.9. The number of carboxylic acids is 1. The molecule has 0 aliphatic heterocycles. The normalized spacial score (nSPS) is 12.2. The number of carbonyl (C=O) groups is 2. The van der Waals surface area contributed by atoms with Crippen molar-refractivity contribution in [2.75, 3.05) is 11.9 Å². The van der Waals surface area contributed by atoms with Crippen molar-refractivity contribution < 1.29 is 14.7 Å². The van der Waals surface area contributed by atoms with Gasteiger partial charge in [-0.05, 0) is 34.0 Å². The molecule has 0 heterocycles. The highest BCUT2D eigenvalue weighted by Crippen LogP contribution is 2.20. The van der Waals surface area contributed by atoms with Crippen LogP contribution in [0.5, 0.6) is 0 Å². The first-order valence-corrected chi connectivity index (χ1v) is 6.71. The van der Waals surface area contributed by atoms with Crippen LogP contribution in [0, 0.1) is 5.92 Å². The molecule has 1 atom stereocenters. The van der Waals surface area contributed by atoms with Crippen molar-refractivity contribution in [3.05, 3.63) is 28.7 Å². The first kappa shape index (κ1) is 15.7. The lowest BCUT2D eigenvalue weighted by molar-refractivity contribution is -0.140. The van der Waals surface area contributed by atoms with Crippen LogP contribution in [-0.2, 0) is 9.59 Å². The van der Waals surface area contributed by atoms with E-state index in [-0.39, 0.29) is 18.4 Å². The summed E-state index contributed by atoms with van der Waals surface area (Å²) in [7, 11) is 0. The Morgan fingerprint density at radius 2 is 1.95 bits per heavy atom. The maximum absolute atomic E-state index is 11.7. The van der Waals surface area contributed by atoms with Crippen molar-refractivity contribution in [1.82, 2.24) is 5.32 Å². The number of amides is 1. The second-order valence-electron chi connectivity index (χ2n) is 4.47. The van der Waals surface area contributed by atoms with Crippen LogP contribution in [0.1, 0.15) is 13.8 Å². The van der Waals surface area contributed by atoms with Crippen molar-refractivity contribution in [2.24, 2.45) is 5.92 Å². The zero-order chi connectivity index (χ0) is 14.4. The van der Waals surface area contributed by atoms with E-state index < -0.39 is 12.0 Å². The quantitative estimate of drug-likeness (QED) is 0.747. The Balaban J connectivity index is 2.52. The summed E-state index contributed by atoms with van der Waals surface area (Å²) in [5.74, 6) is -1.32. The molecule has 0 spiro atoms. The summed E-state index contributed by atoms with van der Waals surface area (Å²) in [6.45, 7) is 3.53. The van der Waals surface area contributed by atoms with Gasteiger partial charge in [0.25, 0.3) is 0 Å². The molecule has 19 heavy (non-hydrogen) atoms. The van der Waals surface area contributed by atoms with E-state index in [0.29, 0.717) is 5.69 Å². The number of anilines is 1. The minimum absolute atomic E-state index is 0.0452. The molecule has 6 heteroatoms. The molecule has 1 aromatic rings. The fraction of sp³-hybridized carbons (Fsp3) is 0.385. The van der Waals surface area contributed by atoms with E-state index in [1.807, 2.05) is 18.2 Å². The van der Waals surface area contributed by atoms with E-state index in [9.17, 15) is 9.59 Å². The molecule has 0 aliphatic rings. The van der Waals surface area contributed by atoms with Gasteiger partial charge in [-0.25, -0.2) is 0 Å². The number of nitrogens with one attached hydrogen (secondary N) is 2. The third-order valence-corrected chi connectivity index (χ3v) is 3.25. The number of hydrogen-bond donors (Lipinski definition) is 3. The topological polar surface area (TPSA) is 78.4 Å². The van der Waals surface area contributed by atoms with Crippen molar-refractivity contribution >= 4 is 33.5 Å². The minimum atomic E-state index is -0.955. The number of carbonyl (C=O) groups excluding carboxylic acids is 1. The average Bonchev–Trinajstić information content (AvgIpc) is 2.31. The highest BCUT2D eigenvalue weighted by Gasteiger charge is 2.21.